The zero-order valence-electron chi connectivity index (χ0n) is 19.0. The van der Waals surface area contributed by atoms with Crippen molar-refractivity contribution >= 4 is 32.6 Å². The van der Waals surface area contributed by atoms with Crippen LogP contribution in [-0.2, 0) is 21.0 Å². The molecule has 0 unspecified atom stereocenters. The maximum atomic E-state index is 12.7. The number of hydrogen-bond donors (Lipinski definition) is 3. The Kier molecular flexibility index (Phi) is 6.66. The van der Waals surface area contributed by atoms with E-state index in [-0.39, 0.29) is 23.6 Å². The smallest absolute Gasteiger partial charge is 0.253 e. The first-order valence-corrected chi connectivity index (χ1v) is 12.7. The van der Waals surface area contributed by atoms with E-state index in [4.69, 9.17) is 4.74 Å². The molecular weight excluding hydrogens is 442 g/mol. The second-order valence-electron chi connectivity index (χ2n) is 8.55. The number of H-pyrrole nitrogens is 1. The Bertz CT molecular complexity index is 1270. The van der Waals surface area contributed by atoms with Crippen LogP contribution in [0.15, 0.2) is 35.6 Å². The van der Waals surface area contributed by atoms with E-state index in [0.717, 1.165) is 17.5 Å². The molecule has 9 nitrogen and oxygen atoms in total. The largest absolute Gasteiger partial charge is 0.383 e. The molecule has 0 aliphatic carbocycles. The zero-order chi connectivity index (χ0) is 23.6. The predicted molar refractivity (Wildman–Crippen MR) is 126 cm³/mol. The fraction of sp³-hybridized carbons (Fsp3) is 0.435. The first kappa shape index (κ1) is 23.2. The summed E-state index contributed by atoms with van der Waals surface area (Å²) in [4.78, 5) is 24.9. The highest BCUT2D eigenvalue weighted by Crippen LogP contribution is 2.34. The molecule has 0 radical (unpaired) electrons. The van der Waals surface area contributed by atoms with Crippen molar-refractivity contribution in [3.05, 3.63) is 47.4 Å². The maximum Gasteiger partial charge on any atom is 0.253 e. The Balaban J connectivity index is 1.70. The first-order valence-electron chi connectivity index (χ1n) is 11.0. The van der Waals surface area contributed by atoms with Crippen LogP contribution in [0.5, 0.6) is 0 Å². The van der Waals surface area contributed by atoms with Gasteiger partial charge in [-0.2, -0.15) is 0 Å². The van der Waals surface area contributed by atoms with Gasteiger partial charge >= 0.3 is 0 Å². The van der Waals surface area contributed by atoms with Crippen molar-refractivity contribution in [2.45, 2.75) is 37.6 Å². The van der Waals surface area contributed by atoms with Gasteiger partial charge in [-0.25, -0.2) is 18.4 Å². The zero-order valence-corrected chi connectivity index (χ0v) is 19.8. The lowest BCUT2D eigenvalue weighted by Gasteiger charge is -2.26. The third-order valence-electron chi connectivity index (χ3n) is 5.91. The van der Waals surface area contributed by atoms with Crippen molar-refractivity contribution in [3.63, 3.8) is 0 Å². The number of rotatable bonds is 8. The van der Waals surface area contributed by atoms with E-state index in [1.54, 1.807) is 19.4 Å². The third-order valence-corrected chi connectivity index (χ3v) is 7.79. The number of nitrogens with one attached hydrogen (secondary N) is 3. The number of benzene rings is 1. The molecule has 176 valence electrons. The Morgan fingerprint density at radius 3 is 2.85 bits per heavy atom. The van der Waals surface area contributed by atoms with Crippen molar-refractivity contribution in [2.24, 2.45) is 5.92 Å². The monoisotopic (exact) mass is 471 g/mol. The lowest BCUT2D eigenvalue weighted by molar-refractivity contribution is 0.0938. The molecule has 1 amide bonds. The third kappa shape index (κ3) is 4.72. The molecule has 0 spiro atoms. The van der Waals surface area contributed by atoms with Crippen molar-refractivity contribution in [2.75, 3.05) is 31.3 Å². The molecule has 3 aromatic rings. The van der Waals surface area contributed by atoms with Crippen molar-refractivity contribution in [1.29, 1.82) is 0 Å². The Labute approximate surface area is 193 Å². The number of amides is 1. The van der Waals surface area contributed by atoms with Gasteiger partial charge < -0.3 is 20.4 Å². The van der Waals surface area contributed by atoms with Gasteiger partial charge in [0.2, 0.25) is 0 Å². The minimum absolute atomic E-state index is 0.122. The highest BCUT2D eigenvalue weighted by Gasteiger charge is 2.27. The molecular formula is C23H29N5O4S. The molecule has 4 rings (SSSR count). The van der Waals surface area contributed by atoms with Crippen LogP contribution < -0.4 is 10.6 Å². The molecule has 0 saturated heterocycles. The second-order valence-corrected chi connectivity index (χ2v) is 10.6. The number of aromatic nitrogens is 3. The van der Waals surface area contributed by atoms with E-state index in [0.29, 0.717) is 46.9 Å². The summed E-state index contributed by atoms with van der Waals surface area (Å²) in [5, 5.41) is 6.86. The van der Waals surface area contributed by atoms with Crippen LogP contribution >= 0.6 is 0 Å². The average Bonchev–Trinajstić information content (AvgIpc) is 3.22. The Hall–Kier alpha value is -2.98. The number of ether oxygens (including phenoxy) is 1. The van der Waals surface area contributed by atoms with Crippen LogP contribution in [0.25, 0.3) is 11.0 Å². The SMILES string of the molecule is COCCNC(=O)c1c[nH]c2ncnc(N[C@@H](c3ccc4c(c3)S(=O)(=O)CCC4)C(C)C)c12. The van der Waals surface area contributed by atoms with Gasteiger partial charge in [-0.3, -0.25) is 4.79 Å². The van der Waals surface area contributed by atoms with Crippen LogP contribution in [0.2, 0.25) is 0 Å². The van der Waals surface area contributed by atoms with Gasteiger partial charge in [0, 0.05) is 19.9 Å². The van der Waals surface area contributed by atoms with Crippen molar-refractivity contribution in [3.8, 4) is 0 Å². The number of carbonyl (C=O) groups is 1. The highest BCUT2D eigenvalue weighted by atomic mass is 32.2. The quantitative estimate of drug-likeness (QED) is 0.431. The lowest BCUT2D eigenvalue weighted by Crippen LogP contribution is -2.27. The number of carbonyl (C=O) groups excluding carboxylic acids is 1. The molecule has 1 atom stereocenters. The number of fused-ring (bicyclic) bond motifs is 2. The van der Waals surface area contributed by atoms with E-state index in [1.165, 1.54) is 6.33 Å². The van der Waals surface area contributed by atoms with E-state index < -0.39 is 9.84 Å². The fourth-order valence-electron chi connectivity index (χ4n) is 4.22. The van der Waals surface area contributed by atoms with Gasteiger partial charge in [0.05, 0.1) is 34.2 Å². The minimum Gasteiger partial charge on any atom is -0.383 e. The van der Waals surface area contributed by atoms with Crippen molar-refractivity contribution in [1.82, 2.24) is 20.3 Å². The molecule has 1 aliphatic heterocycles. The van der Waals surface area contributed by atoms with Gasteiger partial charge in [0.15, 0.2) is 9.84 Å². The minimum atomic E-state index is -3.27. The van der Waals surface area contributed by atoms with Gasteiger partial charge in [-0.1, -0.05) is 26.0 Å². The summed E-state index contributed by atoms with van der Waals surface area (Å²) in [7, 11) is -1.70. The molecule has 3 heterocycles. The fourth-order valence-corrected chi connectivity index (χ4v) is 5.85. The van der Waals surface area contributed by atoms with Gasteiger partial charge in [-0.05, 0) is 36.0 Å². The number of sulfone groups is 1. The summed E-state index contributed by atoms with van der Waals surface area (Å²) in [6.45, 7) is 4.90. The van der Waals surface area contributed by atoms with Crippen LogP contribution in [-0.4, -0.2) is 55.3 Å². The summed E-state index contributed by atoms with van der Waals surface area (Å²) in [6.07, 6.45) is 4.47. The molecule has 0 saturated carbocycles. The Morgan fingerprint density at radius 2 is 2.09 bits per heavy atom. The van der Waals surface area contributed by atoms with Crippen LogP contribution in [0.1, 0.15) is 47.8 Å². The normalized spacial score (nSPS) is 15.9. The summed E-state index contributed by atoms with van der Waals surface area (Å²) in [6, 6.07) is 5.46. The van der Waals surface area contributed by atoms with Crippen LogP contribution in [0, 0.1) is 5.92 Å². The maximum absolute atomic E-state index is 12.7. The molecule has 1 aromatic carbocycles. The van der Waals surface area contributed by atoms with Crippen LogP contribution in [0.3, 0.4) is 0 Å². The summed E-state index contributed by atoms with van der Waals surface area (Å²) < 4.78 is 30.3. The summed E-state index contributed by atoms with van der Waals surface area (Å²) in [5.41, 5.74) is 2.71. The molecule has 1 aliphatic rings. The van der Waals surface area contributed by atoms with E-state index in [9.17, 15) is 13.2 Å². The van der Waals surface area contributed by atoms with Gasteiger partial charge in [0.1, 0.15) is 17.8 Å². The molecule has 3 N–H and O–H groups in total. The topological polar surface area (TPSA) is 126 Å². The Morgan fingerprint density at radius 1 is 1.27 bits per heavy atom. The first-order chi connectivity index (χ1) is 15.8. The molecule has 33 heavy (non-hydrogen) atoms. The molecule has 10 heteroatoms. The molecule has 0 fully saturated rings. The van der Waals surface area contributed by atoms with E-state index >= 15 is 0 Å². The number of anilines is 1. The standard InChI is InChI=1S/C23H29N5O4S/c1-14(2)20(16-7-6-15-5-4-10-33(30,31)18(15)11-16)28-22-19-17(23(29)24-8-9-32-3)12-25-21(19)26-13-27-22/h6-7,11-14,20H,4-5,8-10H2,1-3H3,(H,24,29)(H2,25,26,27,28)/t20-/m1/s1. The summed E-state index contributed by atoms with van der Waals surface area (Å²) in [5.74, 6) is 0.563. The van der Waals surface area contributed by atoms with Crippen LogP contribution in [0.4, 0.5) is 5.82 Å². The molecule has 0 bridgehead atoms. The second kappa shape index (κ2) is 9.48. The highest BCUT2D eigenvalue weighted by molar-refractivity contribution is 7.91. The number of aromatic amines is 1. The molecule has 2 aromatic heterocycles. The lowest BCUT2D eigenvalue weighted by atomic mass is 9.94. The predicted octanol–water partition coefficient (Wildman–Crippen LogP) is 2.86. The number of hydrogen-bond acceptors (Lipinski definition) is 7. The number of aryl methyl sites for hydroxylation is 1. The number of nitrogens with zero attached hydrogens (tertiary/aromatic N) is 2. The average molecular weight is 472 g/mol. The van der Waals surface area contributed by atoms with E-state index in [1.807, 2.05) is 12.1 Å². The van der Waals surface area contributed by atoms with E-state index in [2.05, 4.69) is 39.4 Å². The number of methoxy groups -OCH3 is 1. The van der Waals surface area contributed by atoms with Gasteiger partial charge in [-0.15, -0.1) is 0 Å². The van der Waals surface area contributed by atoms with Gasteiger partial charge in [0.25, 0.3) is 5.91 Å². The summed E-state index contributed by atoms with van der Waals surface area (Å²) >= 11 is 0. The van der Waals surface area contributed by atoms with Crippen molar-refractivity contribution < 1.29 is 17.9 Å².